The predicted octanol–water partition coefficient (Wildman–Crippen LogP) is 3.07. The highest BCUT2D eigenvalue weighted by molar-refractivity contribution is 5.89. The summed E-state index contributed by atoms with van der Waals surface area (Å²) in [5.74, 6) is 1.12. The average molecular weight is 298 g/mol. The molecular weight excluding hydrogens is 276 g/mol. The summed E-state index contributed by atoms with van der Waals surface area (Å²) in [4.78, 5) is 18.1. The van der Waals surface area contributed by atoms with Gasteiger partial charge in [-0.25, -0.2) is 9.78 Å². The lowest BCUT2D eigenvalue weighted by atomic mass is 10.0. The Morgan fingerprint density at radius 1 is 1.18 bits per heavy atom. The van der Waals surface area contributed by atoms with Gasteiger partial charge in [-0.3, -0.25) is 0 Å². The molecule has 0 radical (unpaired) electrons. The number of benzene rings is 1. The van der Waals surface area contributed by atoms with Gasteiger partial charge in [0.15, 0.2) is 0 Å². The molecule has 2 amide bonds. The fourth-order valence-electron chi connectivity index (χ4n) is 2.05. The molecule has 0 bridgehead atoms. The maximum absolute atomic E-state index is 11.9. The second kappa shape index (κ2) is 7.45. The highest BCUT2D eigenvalue weighted by Crippen LogP contribution is 2.14. The fourth-order valence-corrected chi connectivity index (χ4v) is 2.05. The number of nitrogens with zero attached hydrogens (tertiary/aromatic N) is 2. The first-order valence-corrected chi connectivity index (χ1v) is 7.29. The summed E-state index contributed by atoms with van der Waals surface area (Å²) < 4.78 is 0. The number of amides is 2. The highest BCUT2D eigenvalue weighted by atomic mass is 16.2. The van der Waals surface area contributed by atoms with Gasteiger partial charge in [-0.15, -0.1) is 0 Å². The van der Waals surface area contributed by atoms with Crippen LogP contribution in [0.5, 0.6) is 0 Å². The molecule has 0 saturated heterocycles. The Hall–Kier alpha value is -2.56. The molecule has 1 aromatic carbocycles. The van der Waals surface area contributed by atoms with E-state index >= 15 is 0 Å². The first-order chi connectivity index (χ1) is 10.6. The molecule has 5 nitrogen and oxygen atoms in total. The van der Waals surface area contributed by atoms with E-state index in [1.165, 1.54) is 5.56 Å². The van der Waals surface area contributed by atoms with Gasteiger partial charge in [0.1, 0.15) is 5.82 Å². The molecule has 1 atom stereocenters. The SMILES string of the molecule is C[C@H](CNC(=O)Nc1ccc(N(C)C)nc1)c1ccccc1. The van der Waals surface area contributed by atoms with Crippen molar-refractivity contribution in [2.24, 2.45) is 0 Å². The molecule has 0 aliphatic heterocycles. The number of anilines is 2. The molecule has 0 aliphatic rings. The molecule has 1 heterocycles. The Morgan fingerprint density at radius 3 is 2.50 bits per heavy atom. The number of carbonyl (C=O) groups excluding carboxylic acids is 1. The van der Waals surface area contributed by atoms with Crippen LogP contribution in [-0.2, 0) is 0 Å². The van der Waals surface area contributed by atoms with Gasteiger partial charge in [-0.1, -0.05) is 37.3 Å². The zero-order chi connectivity index (χ0) is 15.9. The third-order valence-electron chi connectivity index (χ3n) is 3.40. The summed E-state index contributed by atoms with van der Waals surface area (Å²) >= 11 is 0. The Kier molecular flexibility index (Phi) is 5.36. The first-order valence-electron chi connectivity index (χ1n) is 7.29. The lowest BCUT2D eigenvalue weighted by Crippen LogP contribution is -2.31. The third kappa shape index (κ3) is 4.48. The van der Waals surface area contributed by atoms with Crippen LogP contribution in [0.25, 0.3) is 0 Å². The van der Waals surface area contributed by atoms with Crippen molar-refractivity contribution in [1.82, 2.24) is 10.3 Å². The molecule has 0 fully saturated rings. The summed E-state index contributed by atoms with van der Waals surface area (Å²) in [6.07, 6.45) is 1.65. The maximum atomic E-state index is 11.9. The molecule has 0 unspecified atom stereocenters. The smallest absolute Gasteiger partial charge is 0.319 e. The molecule has 0 aliphatic carbocycles. The van der Waals surface area contributed by atoms with E-state index in [1.54, 1.807) is 6.20 Å². The quantitative estimate of drug-likeness (QED) is 0.892. The van der Waals surface area contributed by atoms with Crippen LogP contribution < -0.4 is 15.5 Å². The van der Waals surface area contributed by atoms with Crippen LogP contribution in [0.15, 0.2) is 48.7 Å². The van der Waals surface area contributed by atoms with E-state index in [2.05, 4.69) is 34.7 Å². The molecule has 2 N–H and O–H groups in total. The van der Waals surface area contributed by atoms with Crippen LogP contribution in [-0.4, -0.2) is 31.7 Å². The molecule has 1 aromatic heterocycles. The first kappa shape index (κ1) is 15.8. The number of aromatic nitrogens is 1. The average Bonchev–Trinajstić information content (AvgIpc) is 2.54. The van der Waals surface area contributed by atoms with Gasteiger partial charge in [0, 0.05) is 20.6 Å². The van der Waals surface area contributed by atoms with Crippen molar-refractivity contribution in [2.45, 2.75) is 12.8 Å². The summed E-state index contributed by atoms with van der Waals surface area (Å²) in [5, 5.41) is 5.66. The van der Waals surface area contributed by atoms with Gasteiger partial charge >= 0.3 is 6.03 Å². The minimum absolute atomic E-state index is 0.220. The van der Waals surface area contributed by atoms with E-state index in [4.69, 9.17) is 0 Å². The number of hydrogen-bond acceptors (Lipinski definition) is 3. The summed E-state index contributed by atoms with van der Waals surface area (Å²) in [6.45, 7) is 2.67. The van der Waals surface area contributed by atoms with Crippen LogP contribution in [0, 0.1) is 0 Å². The van der Waals surface area contributed by atoms with E-state index in [-0.39, 0.29) is 11.9 Å². The number of carbonyl (C=O) groups is 1. The lowest BCUT2D eigenvalue weighted by molar-refractivity contribution is 0.251. The zero-order valence-electron chi connectivity index (χ0n) is 13.2. The topological polar surface area (TPSA) is 57.3 Å². The third-order valence-corrected chi connectivity index (χ3v) is 3.40. The highest BCUT2D eigenvalue weighted by Gasteiger charge is 2.08. The van der Waals surface area contributed by atoms with Gasteiger partial charge < -0.3 is 15.5 Å². The van der Waals surface area contributed by atoms with Crippen LogP contribution in [0.4, 0.5) is 16.3 Å². The van der Waals surface area contributed by atoms with E-state index < -0.39 is 0 Å². The van der Waals surface area contributed by atoms with Crippen LogP contribution in [0.3, 0.4) is 0 Å². The number of rotatable bonds is 5. The molecule has 2 rings (SSSR count). The van der Waals surface area contributed by atoms with Gasteiger partial charge in [0.2, 0.25) is 0 Å². The molecule has 2 aromatic rings. The van der Waals surface area contributed by atoms with E-state index in [9.17, 15) is 4.79 Å². The molecule has 0 spiro atoms. The van der Waals surface area contributed by atoms with Crippen molar-refractivity contribution in [3.63, 3.8) is 0 Å². The van der Waals surface area contributed by atoms with E-state index in [0.29, 0.717) is 12.2 Å². The Morgan fingerprint density at radius 2 is 1.91 bits per heavy atom. The van der Waals surface area contributed by atoms with E-state index in [1.807, 2.05) is 49.3 Å². The van der Waals surface area contributed by atoms with Crippen LogP contribution >= 0.6 is 0 Å². The second-order valence-corrected chi connectivity index (χ2v) is 5.45. The van der Waals surface area contributed by atoms with Crippen LogP contribution in [0.2, 0.25) is 0 Å². The van der Waals surface area contributed by atoms with Crippen molar-refractivity contribution in [3.05, 3.63) is 54.2 Å². The molecular formula is C17H22N4O. The predicted molar refractivity (Wildman–Crippen MR) is 90.4 cm³/mol. The van der Waals surface area contributed by atoms with Crippen molar-refractivity contribution in [1.29, 1.82) is 0 Å². The molecule has 116 valence electrons. The van der Waals surface area contributed by atoms with Crippen LogP contribution in [0.1, 0.15) is 18.4 Å². The van der Waals surface area contributed by atoms with Gasteiger partial charge in [0.25, 0.3) is 0 Å². The van der Waals surface area contributed by atoms with Crippen molar-refractivity contribution in [2.75, 3.05) is 30.9 Å². The summed E-state index contributed by atoms with van der Waals surface area (Å²) in [5.41, 5.74) is 1.88. The van der Waals surface area contributed by atoms with Crippen molar-refractivity contribution < 1.29 is 4.79 Å². The minimum Gasteiger partial charge on any atom is -0.363 e. The second-order valence-electron chi connectivity index (χ2n) is 5.45. The monoisotopic (exact) mass is 298 g/mol. The van der Waals surface area contributed by atoms with Crippen molar-refractivity contribution in [3.8, 4) is 0 Å². The van der Waals surface area contributed by atoms with Gasteiger partial charge in [0.05, 0.1) is 11.9 Å². The maximum Gasteiger partial charge on any atom is 0.319 e. The number of nitrogens with one attached hydrogen (secondary N) is 2. The summed E-state index contributed by atoms with van der Waals surface area (Å²) in [6, 6.07) is 13.6. The standard InChI is InChI=1S/C17H22N4O/c1-13(14-7-5-4-6-8-14)11-19-17(22)20-15-9-10-16(18-12-15)21(2)3/h4-10,12-13H,11H2,1-3H3,(H2,19,20,22)/t13-/m1/s1. The largest absolute Gasteiger partial charge is 0.363 e. The number of hydrogen-bond donors (Lipinski definition) is 2. The minimum atomic E-state index is -0.220. The molecule has 0 saturated carbocycles. The summed E-state index contributed by atoms with van der Waals surface area (Å²) in [7, 11) is 3.85. The Bertz CT molecular complexity index is 596. The number of urea groups is 1. The lowest BCUT2D eigenvalue weighted by Gasteiger charge is -2.14. The number of pyridine rings is 1. The normalized spacial score (nSPS) is 11.6. The Balaban J connectivity index is 1.83. The fraction of sp³-hybridized carbons (Fsp3) is 0.294. The van der Waals surface area contributed by atoms with Gasteiger partial charge in [-0.2, -0.15) is 0 Å². The van der Waals surface area contributed by atoms with E-state index in [0.717, 1.165) is 5.82 Å². The molecule has 5 heteroatoms. The van der Waals surface area contributed by atoms with Crippen molar-refractivity contribution >= 4 is 17.5 Å². The zero-order valence-corrected chi connectivity index (χ0v) is 13.2. The Labute approximate surface area is 131 Å². The molecule has 22 heavy (non-hydrogen) atoms. The van der Waals surface area contributed by atoms with Gasteiger partial charge in [-0.05, 0) is 23.6 Å².